The molecule has 2 aliphatic carbocycles. The molecule has 0 heterocycles. The minimum absolute atomic E-state index is 0.533. The molecule has 2 heteroatoms. The van der Waals surface area contributed by atoms with Crippen molar-refractivity contribution in [1.29, 1.82) is 0 Å². The van der Waals surface area contributed by atoms with Crippen molar-refractivity contribution in [3.8, 4) is 0 Å². The molecule has 3 unspecified atom stereocenters. The summed E-state index contributed by atoms with van der Waals surface area (Å²) in [5.41, 5.74) is 0. The van der Waals surface area contributed by atoms with E-state index in [4.69, 9.17) is 4.74 Å². The van der Waals surface area contributed by atoms with E-state index in [-0.39, 0.29) is 0 Å². The summed E-state index contributed by atoms with van der Waals surface area (Å²) in [4.78, 5) is 0. The molecule has 2 saturated carbocycles. The summed E-state index contributed by atoms with van der Waals surface area (Å²) in [6, 6.07) is 0.870. The number of rotatable bonds is 10. The van der Waals surface area contributed by atoms with Crippen molar-refractivity contribution in [3.05, 3.63) is 0 Å². The van der Waals surface area contributed by atoms with Gasteiger partial charge in [0.15, 0.2) is 0 Å². The Morgan fingerprint density at radius 1 is 1.00 bits per heavy atom. The van der Waals surface area contributed by atoms with Gasteiger partial charge in [-0.25, -0.2) is 0 Å². The molecule has 0 spiro atoms. The van der Waals surface area contributed by atoms with E-state index >= 15 is 0 Å². The highest BCUT2D eigenvalue weighted by molar-refractivity contribution is 4.81. The number of hydrogen-bond acceptors (Lipinski definition) is 2. The first-order valence-electron chi connectivity index (χ1n) is 9.51. The fourth-order valence-electron chi connectivity index (χ4n) is 3.72. The first-order valence-corrected chi connectivity index (χ1v) is 9.51. The lowest BCUT2D eigenvalue weighted by atomic mass is 9.75. The van der Waals surface area contributed by atoms with Crippen molar-refractivity contribution < 1.29 is 4.74 Å². The highest BCUT2D eigenvalue weighted by Crippen LogP contribution is 2.35. The van der Waals surface area contributed by atoms with Crippen LogP contribution in [0.5, 0.6) is 0 Å². The van der Waals surface area contributed by atoms with Crippen LogP contribution in [0.3, 0.4) is 0 Å². The molecule has 0 aromatic heterocycles. The molecule has 0 amide bonds. The van der Waals surface area contributed by atoms with Gasteiger partial charge in [-0.05, 0) is 62.8 Å². The summed E-state index contributed by atoms with van der Waals surface area (Å²) in [5.74, 6) is 2.43. The fourth-order valence-corrected chi connectivity index (χ4v) is 3.72. The van der Waals surface area contributed by atoms with Gasteiger partial charge in [0, 0.05) is 12.6 Å². The van der Waals surface area contributed by atoms with Crippen LogP contribution in [0.25, 0.3) is 0 Å². The van der Waals surface area contributed by atoms with Crippen LogP contribution < -0.4 is 5.32 Å². The lowest BCUT2D eigenvalue weighted by Crippen LogP contribution is -2.34. The van der Waals surface area contributed by atoms with Gasteiger partial charge in [0.25, 0.3) is 0 Å². The van der Waals surface area contributed by atoms with E-state index in [1.807, 2.05) is 0 Å². The Kier molecular flexibility index (Phi) is 7.53. The molecule has 2 fully saturated rings. The second-order valence-corrected chi connectivity index (χ2v) is 7.88. The van der Waals surface area contributed by atoms with E-state index < -0.39 is 0 Å². The molecular weight excluding hydrogens is 258 g/mol. The standard InChI is InChI=1S/C19H37NO/c1-15(2)18-11-8-16(3)14-19(18)21-13-7-5-4-6-12-20-17-9-10-17/h15-20H,4-14H2,1-3H3. The van der Waals surface area contributed by atoms with E-state index in [9.17, 15) is 0 Å². The smallest absolute Gasteiger partial charge is 0.0608 e. The summed E-state index contributed by atoms with van der Waals surface area (Å²) in [6.07, 6.45) is 12.7. The number of unbranched alkanes of at least 4 members (excludes halogenated alkanes) is 3. The van der Waals surface area contributed by atoms with Crippen molar-refractivity contribution >= 4 is 0 Å². The molecule has 2 nitrogen and oxygen atoms in total. The predicted molar refractivity (Wildman–Crippen MR) is 90.6 cm³/mol. The molecule has 0 aromatic carbocycles. The lowest BCUT2D eigenvalue weighted by molar-refractivity contribution is -0.0394. The van der Waals surface area contributed by atoms with Crippen LogP contribution in [0.1, 0.15) is 78.6 Å². The lowest BCUT2D eigenvalue weighted by Gasteiger charge is -2.37. The van der Waals surface area contributed by atoms with Gasteiger partial charge < -0.3 is 10.1 Å². The zero-order valence-corrected chi connectivity index (χ0v) is 14.6. The Bertz CT molecular complexity index is 275. The first kappa shape index (κ1) is 17.3. The zero-order valence-electron chi connectivity index (χ0n) is 14.6. The zero-order chi connectivity index (χ0) is 15.1. The number of nitrogens with one attached hydrogen (secondary N) is 1. The van der Waals surface area contributed by atoms with E-state index in [2.05, 4.69) is 26.1 Å². The minimum atomic E-state index is 0.533. The average Bonchev–Trinajstić information content (AvgIpc) is 3.25. The Labute approximate surface area is 132 Å². The quantitative estimate of drug-likeness (QED) is 0.586. The van der Waals surface area contributed by atoms with E-state index in [0.29, 0.717) is 6.10 Å². The number of hydrogen-bond donors (Lipinski definition) is 1. The van der Waals surface area contributed by atoms with Crippen molar-refractivity contribution in [1.82, 2.24) is 5.32 Å². The van der Waals surface area contributed by atoms with Gasteiger partial charge in [-0.1, -0.05) is 40.0 Å². The van der Waals surface area contributed by atoms with E-state index in [0.717, 1.165) is 30.4 Å². The Hall–Kier alpha value is -0.0800. The normalized spacial score (nSPS) is 30.0. The maximum absolute atomic E-state index is 6.27. The molecule has 124 valence electrons. The van der Waals surface area contributed by atoms with Gasteiger partial charge >= 0.3 is 0 Å². The summed E-state index contributed by atoms with van der Waals surface area (Å²) < 4.78 is 6.27. The minimum Gasteiger partial charge on any atom is -0.378 e. The molecule has 0 bridgehead atoms. The Morgan fingerprint density at radius 3 is 2.48 bits per heavy atom. The van der Waals surface area contributed by atoms with Crippen LogP contribution in [0.4, 0.5) is 0 Å². The molecule has 0 radical (unpaired) electrons. The van der Waals surface area contributed by atoms with Crippen LogP contribution in [-0.4, -0.2) is 25.3 Å². The fraction of sp³-hybridized carbons (Fsp3) is 1.00. The maximum Gasteiger partial charge on any atom is 0.0608 e. The summed E-state index contributed by atoms with van der Waals surface area (Å²) in [5, 5.41) is 3.59. The first-order chi connectivity index (χ1) is 10.2. The van der Waals surface area contributed by atoms with Gasteiger partial charge in [-0.15, -0.1) is 0 Å². The van der Waals surface area contributed by atoms with Crippen LogP contribution in [-0.2, 0) is 4.74 Å². The van der Waals surface area contributed by atoms with Gasteiger partial charge in [0.05, 0.1) is 6.10 Å². The SMILES string of the molecule is CC1CCC(C(C)C)C(OCCCCCCNC2CC2)C1. The van der Waals surface area contributed by atoms with Gasteiger partial charge in [0.2, 0.25) is 0 Å². The molecule has 1 N–H and O–H groups in total. The topological polar surface area (TPSA) is 21.3 Å². The van der Waals surface area contributed by atoms with Gasteiger partial charge in [-0.2, -0.15) is 0 Å². The van der Waals surface area contributed by atoms with Gasteiger partial charge in [-0.3, -0.25) is 0 Å². The number of ether oxygens (including phenoxy) is 1. The molecule has 2 aliphatic rings. The Morgan fingerprint density at radius 2 is 1.76 bits per heavy atom. The summed E-state index contributed by atoms with van der Waals surface area (Å²) in [7, 11) is 0. The predicted octanol–water partition coefficient (Wildman–Crippen LogP) is 4.78. The second kappa shape index (κ2) is 9.15. The van der Waals surface area contributed by atoms with E-state index in [1.54, 1.807) is 0 Å². The molecular formula is C19H37NO. The molecule has 0 aromatic rings. The second-order valence-electron chi connectivity index (χ2n) is 7.88. The highest BCUT2D eigenvalue weighted by atomic mass is 16.5. The molecule has 21 heavy (non-hydrogen) atoms. The largest absolute Gasteiger partial charge is 0.378 e. The Balaban J connectivity index is 1.49. The maximum atomic E-state index is 6.27. The third-order valence-corrected chi connectivity index (χ3v) is 5.37. The van der Waals surface area contributed by atoms with Crippen LogP contribution in [0.15, 0.2) is 0 Å². The van der Waals surface area contributed by atoms with Gasteiger partial charge in [0.1, 0.15) is 0 Å². The highest BCUT2D eigenvalue weighted by Gasteiger charge is 2.31. The van der Waals surface area contributed by atoms with Crippen molar-refractivity contribution in [2.45, 2.75) is 90.7 Å². The summed E-state index contributed by atoms with van der Waals surface area (Å²) >= 11 is 0. The molecule has 3 atom stereocenters. The van der Waals surface area contributed by atoms with Crippen LogP contribution in [0, 0.1) is 17.8 Å². The molecule has 0 saturated heterocycles. The van der Waals surface area contributed by atoms with Crippen molar-refractivity contribution in [3.63, 3.8) is 0 Å². The molecule has 2 rings (SSSR count). The monoisotopic (exact) mass is 295 g/mol. The third kappa shape index (κ3) is 6.69. The average molecular weight is 296 g/mol. The van der Waals surface area contributed by atoms with Crippen molar-refractivity contribution in [2.75, 3.05) is 13.2 Å². The molecule has 0 aliphatic heterocycles. The summed E-state index contributed by atoms with van der Waals surface area (Å²) in [6.45, 7) is 9.32. The van der Waals surface area contributed by atoms with Crippen LogP contribution in [0.2, 0.25) is 0 Å². The third-order valence-electron chi connectivity index (χ3n) is 5.37. The van der Waals surface area contributed by atoms with Crippen LogP contribution >= 0.6 is 0 Å². The van der Waals surface area contributed by atoms with Crippen molar-refractivity contribution in [2.24, 2.45) is 17.8 Å². The van der Waals surface area contributed by atoms with E-state index in [1.165, 1.54) is 64.3 Å².